The van der Waals surface area contributed by atoms with Crippen LogP contribution in [0.3, 0.4) is 0 Å². The number of nitrogens with two attached hydrogens (primary N) is 18. The molecule has 50 atom stereocenters. The second-order valence-corrected chi connectivity index (χ2v) is 38.4. The maximum Gasteiger partial charge on any atom is 0.252 e. The monoisotopic (exact) mass is 2060 g/mol. The van der Waals surface area contributed by atoms with Gasteiger partial charge in [0.15, 0.2) is 43.8 Å². The Morgan fingerprint density at radius 1 is 0.352 bits per heavy atom. The highest BCUT2D eigenvalue weighted by Crippen LogP contribution is 2.41. The second-order valence-electron chi connectivity index (χ2n) is 38.4. The summed E-state index contributed by atoms with van der Waals surface area (Å²) in [4.78, 5) is 12.7. The van der Waals surface area contributed by atoms with Gasteiger partial charge < -0.3 is 291 Å². The number of rotatable bonds is 42. The van der Waals surface area contributed by atoms with Crippen LogP contribution in [0.5, 0.6) is 0 Å². The van der Waals surface area contributed by atoms with Crippen molar-refractivity contribution in [2.75, 3.05) is 98.4 Å². The van der Waals surface area contributed by atoms with Crippen molar-refractivity contribution in [2.45, 2.75) is 376 Å². The predicted octanol–water partition coefficient (Wildman–Crippen LogP) is -21.0. The van der Waals surface area contributed by atoms with Crippen LogP contribution in [0.1, 0.15) is 64.2 Å². The molecule has 13 aliphatic rings. The summed E-state index contributed by atoms with van der Waals surface area (Å²) in [6, 6.07) is -10.4. The van der Waals surface area contributed by atoms with Crippen molar-refractivity contribution in [3.63, 3.8) is 0 Å². The Morgan fingerprint density at radius 3 is 0.965 bits per heavy atom. The number of alkyl halides is 1. The molecule has 0 radical (unpaired) electrons. The van der Waals surface area contributed by atoms with Gasteiger partial charge >= 0.3 is 0 Å². The molecule has 824 valence electrons. The normalized spacial score (nSPS) is 46.0. The van der Waals surface area contributed by atoms with Crippen LogP contribution >= 0.6 is 0 Å². The quantitative estimate of drug-likeness (QED) is 0.0252. The van der Waals surface area contributed by atoms with E-state index in [1.165, 1.54) is 0 Å². The zero-order chi connectivity index (χ0) is 104. The van der Waals surface area contributed by atoms with E-state index < -0.39 is 338 Å². The Bertz CT molecular complexity index is 3830. The summed E-state index contributed by atoms with van der Waals surface area (Å²) in [7, 11) is 0. The molecule has 142 heavy (non-hydrogen) atoms. The highest BCUT2D eigenvalue weighted by Gasteiger charge is 2.60. The standard InChI is InChI=1S/C30H57FN8O13.C28H53N7O11.C26H51N7O11/c31-12(7-33)19(41)27(46)39-15-6-14(36)24(50-28-13(35)3-2-11(47-28)9-38-5-1-4-32)26(20(15)42)52-30-23(45)25(17(10-40)49-30)51-29-18(37)22(44)21(43)16(8-34)48-29;29-6-16-20(38)21(39)18(34)27(42-16)45-24-17(9-36)43-28(22(24)40)46-25-19(37)14(32)5-15(33)23(25)44-26-13(31)2-1-12(41-26)8-35-7-10-3-11(30)4-10;27-4-1-5-33-8-10-2-3-11(29)24(39-10)42-21-13(31)6-12(30)17(35)23(21)44-26-20(38)22(15(9-34)41-26)43-25-16(32)19(37)18(36)14(7-28)40-25/h2,12-26,28-30,38,40-45H,1,3-10,32-37H2,(H,39,46);1,10-11,13-28,35-40H,2-9,29-34H2;2,11-26,33-38H,1,3-9,27-32H2/t12-,13+,14-,15+,16-,17+,18+,19?,20-,21+,22+,23+,24+,25+,26+,28+,29+,30-;10?,11?,13-,14-,15+,16+,17-,18-,19+,20-,21-,22-,23-,24-,25-,26-,27-,28+;11-,12-,13+,14+,15-,16-,17+,18-,19-,20-,21-,22-,23-,24-,25-,26+/m011/s1. The van der Waals surface area contributed by atoms with Crippen LogP contribution in [0, 0.1) is 5.92 Å². The van der Waals surface area contributed by atoms with Crippen LogP contribution in [0.4, 0.5) is 4.39 Å². The topological polar surface area (TPSA) is 1020 Å². The first-order valence-electron chi connectivity index (χ1n) is 48.6. The van der Waals surface area contributed by atoms with Gasteiger partial charge in [0.1, 0.15) is 176 Å². The number of amides is 1. The molecule has 4 aliphatic carbocycles. The molecule has 57 nitrogen and oxygen atoms in total. The van der Waals surface area contributed by atoms with Gasteiger partial charge in [0.25, 0.3) is 5.91 Å². The average Bonchev–Trinajstić information content (AvgIpc) is 1.45. The fraction of sp³-hybridized carbons (Fsp3) is 0.917. The molecular formula is C84H161FN22O35. The van der Waals surface area contributed by atoms with Gasteiger partial charge in [-0.25, -0.2) is 4.39 Å². The number of halogens is 1. The zero-order valence-corrected chi connectivity index (χ0v) is 79.1. The largest absolute Gasteiger partial charge is 0.467 e. The number of hydrogen-bond donors (Lipinski definition) is 38. The molecule has 0 bridgehead atoms. The molecule has 0 aromatic heterocycles. The fourth-order valence-corrected chi connectivity index (χ4v) is 19.0. The van der Waals surface area contributed by atoms with Gasteiger partial charge in [0.2, 0.25) is 18.9 Å². The lowest BCUT2D eigenvalue weighted by molar-refractivity contribution is -0.282. The molecular weight excluding hydrogens is 1900 g/mol. The van der Waals surface area contributed by atoms with E-state index in [0.717, 1.165) is 32.2 Å². The third-order valence-electron chi connectivity index (χ3n) is 27.7. The molecule has 10 fully saturated rings. The Kier molecular flexibility index (Phi) is 46.0. The summed E-state index contributed by atoms with van der Waals surface area (Å²) in [5.41, 5.74) is 108. The van der Waals surface area contributed by atoms with Crippen molar-refractivity contribution in [1.29, 1.82) is 0 Å². The highest BCUT2D eigenvalue weighted by atomic mass is 19.1. The smallest absolute Gasteiger partial charge is 0.252 e. The number of carbonyl (C=O) groups is 1. The summed E-state index contributed by atoms with van der Waals surface area (Å²) in [6.07, 6.45) is -40.1. The maximum atomic E-state index is 14.0. The number of nitrogens with one attached hydrogen (secondary N) is 4. The number of carbonyl (C=O) groups excluding carboxylic acids is 1. The lowest BCUT2D eigenvalue weighted by Crippen LogP contribution is -2.67. The number of hydrogen-bond acceptors (Lipinski definition) is 56. The van der Waals surface area contributed by atoms with E-state index in [9.17, 15) is 90.9 Å². The van der Waals surface area contributed by atoms with E-state index in [0.29, 0.717) is 88.3 Å². The SMILES string of the molecule is NCCCNCC1=CC[C@@H](N)[C@@H](O[C@H]2[C@H](O[C@@H]3O[C@H](CO)[C@@H](O[C@H]4O[C@@H](CN)[C@@H](O)[C@H](O)[C@H]4N)[C@H]3O)[C@@H](O)[C@H](N)C[C@@H]2N)O1.NCCCNCC1=CC[C@@H](N)[C@@H](O[C@H]2[C@H](O[C@@H]3O[C@H](CO)[C@@H](O[C@H]4O[C@@H](CN)[C@@H](O)[C@H](O)[C@H]4N)[C@H]3O)[C@@H](O)[C@H](NC(=O)C(O)[C@@H](F)CN)C[C@@H]2N)O1.NC[C@@H]1O[C@H](O[C@H]2[C@@H](O)[C@H](O[C@@H]3[C@@H](O)[C@H](N)C[C@H](N)[C@H]3O[C@H]3OC(CNCC4CC(N)C4)=CC[C@H]3N)O[C@@H]2CO)[C@H](N)[C@@H](O)[C@@H]1O. The van der Waals surface area contributed by atoms with Crippen molar-refractivity contribution >= 4 is 5.91 Å². The van der Waals surface area contributed by atoms with Crippen molar-refractivity contribution in [2.24, 2.45) is 109 Å². The van der Waals surface area contributed by atoms with Crippen molar-refractivity contribution in [3.8, 4) is 0 Å². The van der Waals surface area contributed by atoms with E-state index in [2.05, 4.69) is 21.3 Å². The summed E-state index contributed by atoms with van der Waals surface area (Å²) >= 11 is 0. The van der Waals surface area contributed by atoms with Gasteiger partial charge in [-0.1, -0.05) is 0 Å². The molecule has 1 unspecified atom stereocenters. The lowest BCUT2D eigenvalue weighted by atomic mass is 9.81. The van der Waals surface area contributed by atoms with Crippen molar-refractivity contribution in [3.05, 3.63) is 35.5 Å². The van der Waals surface area contributed by atoms with E-state index in [-0.39, 0.29) is 44.9 Å². The van der Waals surface area contributed by atoms with Gasteiger partial charge in [0, 0.05) is 62.4 Å². The highest BCUT2D eigenvalue weighted by molar-refractivity contribution is 5.81. The Morgan fingerprint density at radius 2 is 0.655 bits per heavy atom. The second kappa shape index (κ2) is 55.3. The first kappa shape index (κ1) is 118. The maximum absolute atomic E-state index is 14.0. The predicted molar refractivity (Wildman–Crippen MR) is 489 cm³/mol. The van der Waals surface area contributed by atoms with Crippen LogP contribution in [-0.2, 0) is 90.1 Å². The molecule has 56 N–H and O–H groups in total. The minimum absolute atomic E-state index is 0.136. The van der Waals surface area contributed by atoms with E-state index >= 15 is 0 Å². The van der Waals surface area contributed by atoms with Crippen LogP contribution in [0.25, 0.3) is 0 Å². The summed E-state index contributed by atoms with van der Waals surface area (Å²) in [5, 5.41) is 182. The minimum Gasteiger partial charge on any atom is -0.467 e. The van der Waals surface area contributed by atoms with E-state index in [1.54, 1.807) is 6.08 Å². The molecule has 0 aromatic carbocycles. The molecule has 9 heterocycles. The number of ether oxygens (including phenoxy) is 18. The minimum atomic E-state index is -2.14. The molecule has 4 saturated carbocycles. The van der Waals surface area contributed by atoms with Gasteiger partial charge in [-0.15, -0.1) is 0 Å². The van der Waals surface area contributed by atoms with Gasteiger partial charge in [-0.2, -0.15) is 0 Å². The van der Waals surface area contributed by atoms with Gasteiger partial charge in [0.05, 0.1) is 94.0 Å². The van der Waals surface area contributed by atoms with Gasteiger partial charge in [-0.3, -0.25) is 4.79 Å². The summed E-state index contributed by atoms with van der Waals surface area (Å²) in [6.45, 7) is 1.49. The van der Waals surface area contributed by atoms with Crippen molar-refractivity contribution < 1.29 is 176 Å². The van der Waals surface area contributed by atoms with Crippen LogP contribution in [-0.4, -0.2) is 498 Å². The molecule has 9 aliphatic heterocycles. The zero-order valence-electron chi connectivity index (χ0n) is 79.1. The average molecular weight is 2060 g/mol. The molecule has 0 aromatic rings. The Balaban J connectivity index is 0.000000204. The molecule has 13 rings (SSSR count). The first-order chi connectivity index (χ1) is 67.7. The van der Waals surface area contributed by atoms with E-state index in [4.69, 9.17) is 188 Å². The molecule has 1 amide bonds. The Labute approximate surface area is 819 Å². The number of aliphatic hydroxyl groups is 16. The summed E-state index contributed by atoms with van der Waals surface area (Å²) < 4.78 is 121. The molecule has 0 spiro atoms. The van der Waals surface area contributed by atoms with Crippen molar-refractivity contribution in [1.82, 2.24) is 21.3 Å². The van der Waals surface area contributed by atoms with E-state index in [1.807, 2.05) is 12.2 Å². The fourth-order valence-electron chi connectivity index (χ4n) is 19.0. The summed E-state index contributed by atoms with van der Waals surface area (Å²) in [5.74, 6) is 1.19. The molecule has 58 heteroatoms. The van der Waals surface area contributed by atoms with Crippen LogP contribution < -0.4 is 124 Å². The first-order valence-corrected chi connectivity index (χ1v) is 48.6. The third kappa shape index (κ3) is 29.2. The number of aliphatic hydroxyl groups excluding tert-OH is 16. The third-order valence-corrected chi connectivity index (χ3v) is 27.7. The Hall–Kier alpha value is -4.06. The lowest BCUT2D eigenvalue weighted by Gasteiger charge is -2.46. The van der Waals surface area contributed by atoms with Crippen LogP contribution in [0.2, 0.25) is 0 Å². The van der Waals surface area contributed by atoms with Gasteiger partial charge in [-0.05, 0) is 121 Å². The molecule has 6 saturated heterocycles. The van der Waals surface area contributed by atoms with Crippen LogP contribution in [0.15, 0.2) is 35.5 Å².